The van der Waals surface area contributed by atoms with Gasteiger partial charge in [0.05, 0.1) is 11.2 Å². The van der Waals surface area contributed by atoms with Crippen molar-refractivity contribution in [2.75, 3.05) is 30.4 Å². The summed E-state index contributed by atoms with van der Waals surface area (Å²) in [6.07, 6.45) is 4.17. The summed E-state index contributed by atoms with van der Waals surface area (Å²) in [5, 5.41) is 6.45. The van der Waals surface area contributed by atoms with E-state index in [1.807, 2.05) is 7.05 Å². The third-order valence-electron chi connectivity index (χ3n) is 4.43. The highest BCUT2D eigenvalue weighted by atomic mass is 35.5. The van der Waals surface area contributed by atoms with Crippen molar-refractivity contribution in [2.45, 2.75) is 12.5 Å². The number of fused-ring (bicyclic) bond motifs is 1. The van der Waals surface area contributed by atoms with Gasteiger partial charge >= 0.3 is 0 Å². The number of benzene rings is 1. The van der Waals surface area contributed by atoms with Crippen LogP contribution >= 0.6 is 11.6 Å². The molecular formula is C17H17ClFN7. The van der Waals surface area contributed by atoms with Crippen LogP contribution in [0.4, 0.5) is 21.8 Å². The summed E-state index contributed by atoms with van der Waals surface area (Å²) in [6.45, 7) is 1.74. The van der Waals surface area contributed by atoms with Gasteiger partial charge in [0.2, 0.25) is 5.95 Å². The van der Waals surface area contributed by atoms with Crippen molar-refractivity contribution in [1.29, 1.82) is 0 Å². The molecule has 4 rings (SSSR count). The van der Waals surface area contributed by atoms with Crippen LogP contribution in [0.3, 0.4) is 0 Å². The number of rotatable bonds is 4. The topological polar surface area (TPSA) is 78.9 Å². The van der Waals surface area contributed by atoms with Crippen LogP contribution in [0.25, 0.3) is 11.0 Å². The molecule has 3 heterocycles. The summed E-state index contributed by atoms with van der Waals surface area (Å²) in [4.78, 5) is 19.7. The van der Waals surface area contributed by atoms with E-state index in [1.54, 1.807) is 12.3 Å². The van der Waals surface area contributed by atoms with Crippen molar-refractivity contribution < 1.29 is 4.39 Å². The van der Waals surface area contributed by atoms with Crippen LogP contribution in [-0.4, -0.2) is 46.1 Å². The van der Waals surface area contributed by atoms with Crippen LogP contribution in [0.2, 0.25) is 5.02 Å². The van der Waals surface area contributed by atoms with Crippen molar-refractivity contribution in [3.8, 4) is 0 Å². The van der Waals surface area contributed by atoms with Crippen molar-refractivity contribution in [2.24, 2.45) is 0 Å². The molecule has 0 aliphatic carbocycles. The molecule has 1 aromatic carbocycles. The number of likely N-dealkylation sites (N-methyl/N-ethyl adjacent to an activating group) is 1. The van der Waals surface area contributed by atoms with Gasteiger partial charge in [-0.3, -0.25) is 0 Å². The molecule has 1 aliphatic rings. The predicted octanol–water partition coefficient (Wildman–Crippen LogP) is 2.75. The first-order chi connectivity index (χ1) is 12.6. The number of nitrogens with one attached hydrogen (secondary N) is 2. The van der Waals surface area contributed by atoms with Crippen LogP contribution in [0, 0.1) is 5.82 Å². The number of aromatic nitrogens is 4. The molecule has 0 saturated carbocycles. The zero-order chi connectivity index (χ0) is 18.1. The van der Waals surface area contributed by atoms with Crippen molar-refractivity contribution in [1.82, 2.24) is 25.3 Å². The van der Waals surface area contributed by atoms with Gasteiger partial charge in [-0.1, -0.05) is 11.6 Å². The largest absolute Gasteiger partial charge is 0.339 e. The maximum Gasteiger partial charge on any atom is 0.226 e. The van der Waals surface area contributed by atoms with Gasteiger partial charge in [-0.25, -0.2) is 24.3 Å². The Hall–Kier alpha value is -2.58. The van der Waals surface area contributed by atoms with Crippen LogP contribution in [0.5, 0.6) is 0 Å². The van der Waals surface area contributed by atoms with E-state index < -0.39 is 5.82 Å². The minimum absolute atomic E-state index is 0.0406. The van der Waals surface area contributed by atoms with Crippen molar-refractivity contribution in [3.05, 3.63) is 41.6 Å². The van der Waals surface area contributed by atoms with Gasteiger partial charge in [0, 0.05) is 24.8 Å². The maximum atomic E-state index is 13.4. The molecule has 1 atom stereocenters. The fraction of sp³-hybridized carbons (Fsp3) is 0.294. The van der Waals surface area contributed by atoms with Crippen LogP contribution < -0.4 is 15.5 Å². The van der Waals surface area contributed by atoms with Gasteiger partial charge in [0.1, 0.15) is 23.2 Å². The Morgan fingerprint density at radius 3 is 2.92 bits per heavy atom. The average Bonchev–Trinajstić information content (AvgIpc) is 3.14. The van der Waals surface area contributed by atoms with E-state index in [0.29, 0.717) is 34.5 Å². The highest BCUT2D eigenvalue weighted by molar-refractivity contribution is 6.31. The zero-order valence-corrected chi connectivity index (χ0v) is 14.8. The minimum Gasteiger partial charge on any atom is -0.339 e. The quantitative estimate of drug-likeness (QED) is 0.728. The first-order valence-electron chi connectivity index (χ1n) is 8.26. The highest BCUT2D eigenvalue weighted by Crippen LogP contribution is 2.26. The summed E-state index contributed by atoms with van der Waals surface area (Å²) in [5.74, 6) is 0.693. The molecule has 1 saturated heterocycles. The molecule has 3 aromatic rings. The Morgan fingerprint density at radius 1 is 1.27 bits per heavy atom. The SMILES string of the molecule is CNC1CCN(c2ncc3ncnc(Nc4ccc(F)c(Cl)c4)c3n2)C1. The molecular weight excluding hydrogens is 357 g/mol. The summed E-state index contributed by atoms with van der Waals surface area (Å²) >= 11 is 5.85. The second-order valence-corrected chi connectivity index (χ2v) is 6.51. The first-order valence-corrected chi connectivity index (χ1v) is 8.64. The Labute approximate surface area is 154 Å². The summed E-state index contributed by atoms with van der Waals surface area (Å²) < 4.78 is 13.4. The lowest BCUT2D eigenvalue weighted by Crippen LogP contribution is -2.30. The van der Waals surface area contributed by atoms with E-state index in [1.165, 1.54) is 18.5 Å². The molecule has 0 bridgehead atoms. The predicted molar refractivity (Wildman–Crippen MR) is 99.5 cm³/mol. The molecule has 2 aromatic heterocycles. The summed E-state index contributed by atoms with van der Waals surface area (Å²) in [7, 11) is 1.96. The monoisotopic (exact) mass is 373 g/mol. The normalized spacial score (nSPS) is 17.0. The lowest BCUT2D eigenvalue weighted by Gasteiger charge is -2.17. The van der Waals surface area contributed by atoms with Gasteiger partial charge in [-0.2, -0.15) is 0 Å². The van der Waals surface area contributed by atoms with E-state index in [9.17, 15) is 4.39 Å². The second-order valence-electron chi connectivity index (χ2n) is 6.10. The molecule has 9 heteroatoms. The van der Waals surface area contributed by atoms with Gasteiger partial charge < -0.3 is 15.5 Å². The molecule has 134 valence electrons. The first kappa shape index (κ1) is 16.9. The number of nitrogens with zero attached hydrogens (tertiary/aromatic N) is 5. The average molecular weight is 374 g/mol. The molecule has 0 radical (unpaired) electrons. The van der Waals surface area contributed by atoms with E-state index in [-0.39, 0.29) is 5.02 Å². The third-order valence-corrected chi connectivity index (χ3v) is 4.72. The number of hydrogen-bond donors (Lipinski definition) is 2. The smallest absolute Gasteiger partial charge is 0.226 e. The highest BCUT2D eigenvalue weighted by Gasteiger charge is 2.23. The Morgan fingerprint density at radius 2 is 2.15 bits per heavy atom. The summed E-state index contributed by atoms with van der Waals surface area (Å²) in [5.41, 5.74) is 1.85. The molecule has 2 N–H and O–H groups in total. The van der Waals surface area contributed by atoms with E-state index in [0.717, 1.165) is 19.5 Å². The molecule has 0 amide bonds. The van der Waals surface area contributed by atoms with Crippen molar-refractivity contribution in [3.63, 3.8) is 0 Å². The molecule has 1 aliphatic heterocycles. The Balaban J connectivity index is 1.68. The zero-order valence-electron chi connectivity index (χ0n) is 14.1. The number of hydrogen-bond acceptors (Lipinski definition) is 7. The Bertz CT molecular complexity index is 952. The molecule has 7 nitrogen and oxygen atoms in total. The third kappa shape index (κ3) is 3.25. The molecule has 0 spiro atoms. The van der Waals surface area contributed by atoms with E-state index >= 15 is 0 Å². The van der Waals surface area contributed by atoms with Gasteiger partial charge in [0.25, 0.3) is 0 Å². The fourth-order valence-corrected chi connectivity index (χ4v) is 3.16. The fourth-order valence-electron chi connectivity index (χ4n) is 2.98. The number of halogens is 2. The summed E-state index contributed by atoms with van der Waals surface area (Å²) in [6, 6.07) is 4.83. The Kier molecular flexibility index (Phi) is 4.52. The van der Waals surface area contributed by atoms with Gasteiger partial charge in [0.15, 0.2) is 5.82 Å². The minimum atomic E-state index is -0.470. The van der Waals surface area contributed by atoms with E-state index in [2.05, 4.69) is 35.5 Å². The van der Waals surface area contributed by atoms with Crippen molar-refractivity contribution >= 4 is 40.1 Å². The lowest BCUT2D eigenvalue weighted by molar-refractivity contribution is 0.616. The van der Waals surface area contributed by atoms with Crippen LogP contribution in [0.1, 0.15) is 6.42 Å². The van der Waals surface area contributed by atoms with Crippen LogP contribution in [0.15, 0.2) is 30.7 Å². The lowest BCUT2D eigenvalue weighted by atomic mass is 10.3. The standard InChI is InChI=1S/C17H17ClFN7/c1-20-11-4-5-26(8-11)17-21-7-14-15(25-17)16(23-9-22-14)24-10-2-3-13(19)12(18)6-10/h2-3,6-7,9,11,20H,4-5,8H2,1H3,(H,22,23,24). The second kappa shape index (κ2) is 6.97. The maximum absolute atomic E-state index is 13.4. The molecule has 1 unspecified atom stereocenters. The van der Waals surface area contributed by atoms with Gasteiger partial charge in [-0.05, 0) is 31.7 Å². The van der Waals surface area contributed by atoms with Crippen LogP contribution in [-0.2, 0) is 0 Å². The molecule has 26 heavy (non-hydrogen) atoms. The van der Waals surface area contributed by atoms with E-state index in [4.69, 9.17) is 11.6 Å². The number of anilines is 3. The van der Waals surface area contributed by atoms with Gasteiger partial charge in [-0.15, -0.1) is 0 Å². The molecule has 1 fully saturated rings.